The summed E-state index contributed by atoms with van der Waals surface area (Å²) in [5.74, 6) is 0.695. The molecular formula is C13H24N2S. The second-order valence-electron chi connectivity index (χ2n) is 4.68. The molecule has 16 heavy (non-hydrogen) atoms. The fourth-order valence-corrected chi connectivity index (χ4v) is 2.72. The molecule has 1 atom stereocenters. The average molecular weight is 240 g/mol. The van der Waals surface area contributed by atoms with Crippen LogP contribution in [-0.2, 0) is 6.42 Å². The van der Waals surface area contributed by atoms with E-state index in [-0.39, 0.29) is 0 Å². The van der Waals surface area contributed by atoms with Crippen molar-refractivity contribution in [3.8, 4) is 0 Å². The molecule has 0 spiro atoms. The summed E-state index contributed by atoms with van der Waals surface area (Å²) in [5.41, 5.74) is 0. The molecule has 0 amide bonds. The Bertz CT molecular complexity index is 269. The van der Waals surface area contributed by atoms with Crippen molar-refractivity contribution in [2.45, 2.75) is 26.3 Å². The lowest BCUT2D eigenvalue weighted by atomic mass is 10.0. The second kappa shape index (κ2) is 7.05. The van der Waals surface area contributed by atoms with E-state index in [2.05, 4.69) is 48.6 Å². The van der Waals surface area contributed by atoms with Gasteiger partial charge in [0, 0.05) is 24.0 Å². The molecule has 1 unspecified atom stereocenters. The molecule has 0 radical (unpaired) electrons. The number of hydrogen-bond acceptors (Lipinski definition) is 3. The summed E-state index contributed by atoms with van der Waals surface area (Å²) in [6.07, 6.45) is 1.17. The molecule has 1 N–H and O–H groups in total. The van der Waals surface area contributed by atoms with Gasteiger partial charge in [-0.3, -0.25) is 0 Å². The largest absolute Gasteiger partial charge is 0.318 e. The van der Waals surface area contributed by atoms with Crippen molar-refractivity contribution >= 4 is 11.3 Å². The van der Waals surface area contributed by atoms with Gasteiger partial charge in [-0.15, -0.1) is 11.3 Å². The first-order valence-corrected chi connectivity index (χ1v) is 6.90. The monoisotopic (exact) mass is 240 g/mol. The third-order valence-electron chi connectivity index (χ3n) is 3.04. The van der Waals surface area contributed by atoms with E-state index in [0.29, 0.717) is 12.0 Å². The number of nitrogens with zero attached hydrogens (tertiary/aromatic N) is 1. The third-order valence-corrected chi connectivity index (χ3v) is 3.98. The molecule has 1 aromatic heterocycles. The lowest BCUT2D eigenvalue weighted by Crippen LogP contribution is -2.43. The molecule has 92 valence electrons. The molecular weight excluding hydrogens is 216 g/mol. The summed E-state index contributed by atoms with van der Waals surface area (Å²) in [7, 11) is 4.26. The molecule has 0 saturated heterocycles. The highest BCUT2D eigenvalue weighted by atomic mass is 32.1. The van der Waals surface area contributed by atoms with Crippen molar-refractivity contribution < 1.29 is 0 Å². The molecule has 0 bridgehead atoms. The summed E-state index contributed by atoms with van der Waals surface area (Å²) in [6, 6.07) is 4.99. The van der Waals surface area contributed by atoms with E-state index >= 15 is 0 Å². The smallest absolute Gasteiger partial charge is 0.0240 e. The van der Waals surface area contributed by atoms with Gasteiger partial charge in [0.2, 0.25) is 0 Å². The van der Waals surface area contributed by atoms with Crippen molar-refractivity contribution in [1.82, 2.24) is 10.2 Å². The standard InChI is InChI=1S/C13H24N2S/c1-11(2)13(10-14-3)15(4)8-7-12-6-5-9-16-12/h5-6,9,11,13-14H,7-8,10H2,1-4H3. The first-order valence-electron chi connectivity index (χ1n) is 6.02. The molecule has 0 saturated carbocycles. The van der Waals surface area contributed by atoms with Crippen molar-refractivity contribution in [1.29, 1.82) is 0 Å². The zero-order valence-corrected chi connectivity index (χ0v) is 11.7. The van der Waals surface area contributed by atoms with Gasteiger partial charge in [-0.1, -0.05) is 19.9 Å². The lowest BCUT2D eigenvalue weighted by Gasteiger charge is -2.31. The van der Waals surface area contributed by atoms with Crippen LogP contribution < -0.4 is 5.32 Å². The minimum Gasteiger partial charge on any atom is -0.318 e. The lowest BCUT2D eigenvalue weighted by molar-refractivity contribution is 0.192. The van der Waals surface area contributed by atoms with Gasteiger partial charge in [0.05, 0.1) is 0 Å². The second-order valence-corrected chi connectivity index (χ2v) is 5.71. The van der Waals surface area contributed by atoms with Crippen LogP contribution in [0.25, 0.3) is 0 Å². The minimum absolute atomic E-state index is 0.630. The maximum Gasteiger partial charge on any atom is 0.0240 e. The third kappa shape index (κ3) is 4.24. The van der Waals surface area contributed by atoms with Gasteiger partial charge in [0.15, 0.2) is 0 Å². The first kappa shape index (κ1) is 13.7. The Balaban J connectivity index is 2.39. The highest BCUT2D eigenvalue weighted by Gasteiger charge is 2.17. The van der Waals surface area contributed by atoms with Gasteiger partial charge in [-0.25, -0.2) is 0 Å². The van der Waals surface area contributed by atoms with Crippen LogP contribution in [-0.4, -0.2) is 38.1 Å². The molecule has 1 heterocycles. The van der Waals surface area contributed by atoms with Gasteiger partial charge in [-0.05, 0) is 37.9 Å². The quantitative estimate of drug-likeness (QED) is 0.787. The van der Waals surface area contributed by atoms with Gasteiger partial charge in [-0.2, -0.15) is 0 Å². The summed E-state index contributed by atoms with van der Waals surface area (Å²) in [5, 5.41) is 5.44. The SMILES string of the molecule is CNCC(C(C)C)N(C)CCc1cccs1. The fourth-order valence-electron chi connectivity index (χ4n) is 2.02. The van der Waals surface area contributed by atoms with Crippen LogP contribution >= 0.6 is 11.3 Å². The van der Waals surface area contributed by atoms with E-state index in [1.807, 2.05) is 18.4 Å². The Labute approximate surface area is 104 Å². The number of hydrogen-bond donors (Lipinski definition) is 1. The first-order chi connectivity index (χ1) is 7.65. The summed E-state index contributed by atoms with van der Waals surface area (Å²) in [4.78, 5) is 3.96. The van der Waals surface area contributed by atoms with E-state index in [0.717, 1.165) is 13.1 Å². The van der Waals surface area contributed by atoms with Crippen LogP contribution in [0.2, 0.25) is 0 Å². The predicted molar refractivity (Wildman–Crippen MR) is 73.2 cm³/mol. The van der Waals surface area contributed by atoms with Crippen molar-refractivity contribution in [3.05, 3.63) is 22.4 Å². The normalized spacial score (nSPS) is 13.6. The number of thiophene rings is 1. The van der Waals surface area contributed by atoms with Crippen molar-refractivity contribution in [3.63, 3.8) is 0 Å². The number of nitrogens with one attached hydrogen (secondary N) is 1. The number of likely N-dealkylation sites (N-methyl/N-ethyl adjacent to an activating group) is 2. The maximum absolute atomic E-state index is 3.28. The van der Waals surface area contributed by atoms with Crippen LogP contribution in [0.4, 0.5) is 0 Å². The van der Waals surface area contributed by atoms with Gasteiger partial charge in [0.25, 0.3) is 0 Å². The van der Waals surface area contributed by atoms with Gasteiger partial charge < -0.3 is 10.2 Å². The Morgan fingerprint density at radius 3 is 2.69 bits per heavy atom. The molecule has 3 heteroatoms. The van der Waals surface area contributed by atoms with Gasteiger partial charge >= 0.3 is 0 Å². The van der Waals surface area contributed by atoms with E-state index in [1.54, 1.807) is 0 Å². The zero-order chi connectivity index (χ0) is 12.0. The van der Waals surface area contributed by atoms with Crippen LogP contribution in [0.15, 0.2) is 17.5 Å². The molecule has 0 aliphatic heterocycles. The fraction of sp³-hybridized carbons (Fsp3) is 0.692. The summed E-state index contributed by atoms with van der Waals surface area (Å²) < 4.78 is 0. The average Bonchev–Trinajstić information content (AvgIpc) is 2.75. The highest BCUT2D eigenvalue weighted by Crippen LogP contribution is 2.12. The van der Waals surface area contributed by atoms with E-state index in [1.165, 1.54) is 11.3 Å². The van der Waals surface area contributed by atoms with Crippen molar-refractivity contribution in [2.24, 2.45) is 5.92 Å². The number of rotatable bonds is 7. The molecule has 0 aromatic carbocycles. The summed E-state index contributed by atoms with van der Waals surface area (Å²) in [6.45, 7) is 6.80. The van der Waals surface area contributed by atoms with Crippen molar-refractivity contribution in [2.75, 3.05) is 27.2 Å². The Morgan fingerprint density at radius 1 is 1.44 bits per heavy atom. The van der Waals surface area contributed by atoms with E-state index < -0.39 is 0 Å². The van der Waals surface area contributed by atoms with E-state index in [9.17, 15) is 0 Å². The maximum atomic E-state index is 3.28. The molecule has 0 aliphatic rings. The molecule has 0 aliphatic carbocycles. The highest BCUT2D eigenvalue weighted by molar-refractivity contribution is 7.09. The van der Waals surface area contributed by atoms with Gasteiger partial charge in [0.1, 0.15) is 0 Å². The van der Waals surface area contributed by atoms with E-state index in [4.69, 9.17) is 0 Å². The molecule has 1 aromatic rings. The molecule has 2 nitrogen and oxygen atoms in total. The topological polar surface area (TPSA) is 15.3 Å². The van der Waals surface area contributed by atoms with Crippen LogP contribution in [0.3, 0.4) is 0 Å². The van der Waals surface area contributed by atoms with Crippen LogP contribution in [0.1, 0.15) is 18.7 Å². The Morgan fingerprint density at radius 2 is 2.19 bits per heavy atom. The zero-order valence-electron chi connectivity index (χ0n) is 10.9. The Hall–Kier alpha value is -0.380. The Kier molecular flexibility index (Phi) is 6.03. The molecule has 1 rings (SSSR count). The minimum atomic E-state index is 0.630. The van der Waals surface area contributed by atoms with Crippen LogP contribution in [0.5, 0.6) is 0 Å². The predicted octanol–water partition coefficient (Wildman–Crippen LogP) is 2.47. The molecule has 0 fully saturated rings. The van der Waals surface area contributed by atoms with Crippen LogP contribution in [0, 0.1) is 5.92 Å². The summed E-state index contributed by atoms with van der Waals surface area (Å²) >= 11 is 1.86.